The van der Waals surface area contributed by atoms with E-state index < -0.39 is 183 Å². The summed E-state index contributed by atoms with van der Waals surface area (Å²) in [5.74, 6) is -11.8. The van der Waals surface area contributed by atoms with Gasteiger partial charge >= 0.3 is 0 Å². The first kappa shape index (κ1) is 86.8. The molecule has 5 fully saturated rings. The van der Waals surface area contributed by atoms with E-state index in [0.717, 1.165) is 71.0 Å². The smallest absolute Gasteiger partial charge is 0.251 e. The summed E-state index contributed by atoms with van der Waals surface area (Å²) in [4.78, 5) is 190. The molecule has 5 rings (SSSR count). The number of nitrogens with zero attached hydrogens (tertiary/aromatic N) is 9. The van der Waals surface area contributed by atoms with Gasteiger partial charge in [0.15, 0.2) is 0 Å². The Morgan fingerprint density at radius 2 is 1.11 bits per heavy atom. The van der Waals surface area contributed by atoms with Crippen molar-refractivity contribution in [3.8, 4) is 0 Å². The zero-order chi connectivity index (χ0) is 76.6. The van der Waals surface area contributed by atoms with E-state index in [1.54, 1.807) is 14.0 Å². The fraction of sp³-hybridized carbons (Fsp3) is 0.838. The Labute approximate surface area is 619 Å². The lowest BCUT2D eigenvalue weighted by Crippen LogP contribution is -2.64. The fourth-order valence-corrected chi connectivity index (χ4v) is 16.3. The first-order chi connectivity index (χ1) is 47.6. The first-order valence-corrected chi connectivity index (χ1v) is 38.7. The Kier molecular flexibility index (Phi) is 33.2. The first-order valence-electron chi connectivity index (χ1n) is 37.4. The standard InChI is InChI=1S/C74H125F2IN12O13/c1-19-48(7)64-71(100)83(12)43-62(92)81(10)44-63(93)85(14)58(40-50-25-23-47(6)24-26-50)68(97)82(11)42-60(90)78-54(39-51-21-20-22-52(77)37-51)65(94)79-55(38-49-27-29-53(102-18)30-28-49)67(96)88(17)73(8,9)72(101)87(16)57(36-46(4)5)69(98)86(15)59(70(99)89-33-31-74(75,76)32-34-89)41-61(91)84(13)56(35-45(2)3)66(95)80-64/h45-59,64H,19-44H2,1-18H3,(H,78,90)(H,79,94)(H,80,95)/t47?,48-,49?,50?,51?,52?,53?,54-,55-,56-,57-,58-,59-,64-/m0/s1. The molecule has 580 valence electrons. The van der Waals surface area contributed by atoms with Crippen LogP contribution in [-0.2, 0) is 62.3 Å². The highest BCUT2D eigenvalue weighted by atomic mass is 127. The number of halogens is 3. The molecular formula is C74H125F2IN12O13. The van der Waals surface area contributed by atoms with Crippen molar-refractivity contribution < 1.29 is 71.1 Å². The zero-order valence-corrected chi connectivity index (χ0v) is 66.7. The van der Waals surface area contributed by atoms with Crippen LogP contribution in [0.25, 0.3) is 0 Å². The van der Waals surface area contributed by atoms with Crippen LogP contribution in [0.1, 0.15) is 197 Å². The minimum Gasteiger partial charge on any atom is -0.381 e. The molecule has 12 amide bonds. The van der Waals surface area contributed by atoms with Gasteiger partial charge in [-0.3, -0.25) is 57.5 Å². The Morgan fingerprint density at radius 1 is 0.569 bits per heavy atom. The van der Waals surface area contributed by atoms with Crippen molar-refractivity contribution >= 4 is 93.5 Å². The molecule has 3 saturated carbocycles. The molecule has 0 radical (unpaired) electrons. The summed E-state index contributed by atoms with van der Waals surface area (Å²) in [6, 6.07) is -8.99. The maximum absolute atomic E-state index is 15.5. The van der Waals surface area contributed by atoms with Crippen LogP contribution in [0.4, 0.5) is 8.78 Å². The molecule has 2 aliphatic heterocycles. The molecule has 25 nitrogen and oxygen atoms in total. The maximum Gasteiger partial charge on any atom is 0.251 e. The number of carbonyl (C=O) groups is 12. The highest BCUT2D eigenvalue weighted by Crippen LogP contribution is 2.36. The van der Waals surface area contributed by atoms with E-state index in [0.29, 0.717) is 41.9 Å². The number of methoxy groups -OCH3 is 1. The van der Waals surface area contributed by atoms with Crippen molar-refractivity contribution in [1.82, 2.24) is 60.0 Å². The Balaban J connectivity index is 1.65. The van der Waals surface area contributed by atoms with Gasteiger partial charge in [0.2, 0.25) is 70.9 Å². The molecular weight excluding hydrogens is 1430 g/mol. The molecule has 2 unspecified atom stereocenters. The van der Waals surface area contributed by atoms with Crippen LogP contribution >= 0.6 is 22.6 Å². The SMILES string of the molecule is CC[C@H](C)[C@@H]1NC(=O)[C@H](CC(C)C)N(C)C(=O)C[C@@H](C(=O)N2CCC(F)(F)CC2)N(C)C(=O)[C@H](CC(C)C)N(C)C(=O)C(C)(C)N(C)C(=O)[C@H](CC2CCC(OC)CC2)NC(=O)[C@H](CC2CCCC(I)C2)NC(=O)CN(C)C(=O)[C@H](CC2CCC(C)CC2)N(C)C(=O)CN(C)C(=O)CN(C)C1=O. The van der Waals surface area contributed by atoms with Gasteiger partial charge in [0.1, 0.15) is 47.8 Å². The third kappa shape index (κ3) is 24.1. The normalized spacial score (nSPS) is 30.8. The monoisotopic (exact) mass is 1550 g/mol. The number of piperidine rings is 1. The van der Waals surface area contributed by atoms with E-state index in [-0.39, 0.29) is 67.8 Å². The zero-order valence-electron chi connectivity index (χ0n) is 64.6. The van der Waals surface area contributed by atoms with E-state index in [4.69, 9.17) is 4.74 Å². The summed E-state index contributed by atoms with van der Waals surface area (Å²) in [5.41, 5.74) is -1.75. The van der Waals surface area contributed by atoms with Crippen molar-refractivity contribution in [2.75, 3.05) is 96.2 Å². The number of ether oxygens (including phenoxy) is 1. The average Bonchev–Trinajstić information content (AvgIpc) is 0.793. The lowest BCUT2D eigenvalue weighted by atomic mass is 9.79. The van der Waals surface area contributed by atoms with Gasteiger partial charge in [0.25, 0.3) is 5.92 Å². The van der Waals surface area contributed by atoms with Gasteiger partial charge in [-0.25, -0.2) is 8.78 Å². The Bertz CT molecular complexity index is 2900. The molecule has 28 heteroatoms. The van der Waals surface area contributed by atoms with Crippen molar-refractivity contribution in [3.63, 3.8) is 0 Å². The third-order valence-corrected chi connectivity index (χ3v) is 23.9. The number of hydrogen-bond acceptors (Lipinski definition) is 13. The fourth-order valence-electron chi connectivity index (χ4n) is 15.2. The topological polar surface area (TPSA) is 279 Å². The molecule has 0 spiro atoms. The van der Waals surface area contributed by atoms with Crippen LogP contribution in [0, 0.1) is 41.4 Å². The van der Waals surface area contributed by atoms with Gasteiger partial charge in [-0.2, -0.15) is 0 Å². The van der Waals surface area contributed by atoms with Gasteiger partial charge in [0, 0.05) is 93.3 Å². The van der Waals surface area contributed by atoms with E-state index in [1.165, 1.54) is 94.7 Å². The summed E-state index contributed by atoms with van der Waals surface area (Å²) < 4.78 is 35.6. The van der Waals surface area contributed by atoms with Crippen LogP contribution in [0.2, 0.25) is 0 Å². The van der Waals surface area contributed by atoms with Crippen LogP contribution in [0.5, 0.6) is 0 Å². The molecule has 10 atom stereocenters. The number of likely N-dealkylation sites (tertiary alicyclic amines) is 1. The van der Waals surface area contributed by atoms with Gasteiger partial charge in [0.05, 0.1) is 32.2 Å². The number of rotatable bonds is 14. The van der Waals surface area contributed by atoms with Crippen molar-refractivity contribution in [2.24, 2.45) is 41.4 Å². The van der Waals surface area contributed by atoms with Gasteiger partial charge in [-0.05, 0) is 126 Å². The average molecular weight is 1560 g/mol. The number of hydrogen-bond donors (Lipinski definition) is 3. The lowest BCUT2D eigenvalue weighted by Gasteiger charge is -2.43. The number of likely N-dealkylation sites (N-methyl/N-ethyl adjacent to an activating group) is 8. The predicted octanol–water partition coefficient (Wildman–Crippen LogP) is 6.36. The number of carbonyl (C=O) groups excluding carboxylic acids is 12. The molecule has 5 aliphatic rings. The van der Waals surface area contributed by atoms with E-state index in [1.807, 2.05) is 34.6 Å². The highest BCUT2D eigenvalue weighted by molar-refractivity contribution is 14.1. The van der Waals surface area contributed by atoms with Crippen LogP contribution in [0.3, 0.4) is 0 Å². The minimum absolute atomic E-state index is 0.00255. The number of nitrogens with one attached hydrogen (secondary N) is 3. The molecule has 3 aliphatic carbocycles. The molecule has 0 bridgehead atoms. The number of alkyl halides is 3. The van der Waals surface area contributed by atoms with Crippen LogP contribution in [0.15, 0.2) is 0 Å². The summed E-state index contributed by atoms with van der Waals surface area (Å²) in [6.45, 7) is 13.8. The summed E-state index contributed by atoms with van der Waals surface area (Å²) >= 11 is 2.41. The summed E-state index contributed by atoms with van der Waals surface area (Å²) in [5, 5.41) is 8.88. The molecule has 0 aromatic rings. The molecule has 0 aromatic carbocycles. The Hall–Kier alpha value is -5.81. The molecule has 3 N–H and O–H groups in total. The quantitative estimate of drug-likeness (QED) is 0.126. The van der Waals surface area contributed by atoms with Crippen LogP contribution in [-0.4, -0.2) is 275 Å². The van der Waals surface area contributed by atoms with Crippen molar-refractivity contribution in [2.45, 2.75) is 261 Å². The van der Waals surface area contributed by atoms with E-state index >= 15 is 24.0 Å². The highest BCUT2D eigenvalue weighted by Gasteiger charge is 2.48. The number of amides is 12. The summed E-state index contributed by atoms with van der Waals surface area (Å²) in [7, 11) is 12.9. The summed E-state index contributed by atoms with van der Waals surface area (Å²) in [6.07, 6.45) is 8.68. The largest absolute Gasteiger partial charge is 0.381 e. The van der Waals surface area contributed by atoms with E-state index in [2.05, 4.69) is 45.5 Å². The molecule has 2 saturated heterocycles. The maximum atomic E-state index is 15.5. The van der Waals surface area contributed by atoms with Gasteiger partial charge in [-0.15, -0.1) is 0 Å². The molecule has 2 heterocycles. The lowest BCUT2D eigenvalue weighted by molar-refractivity contribution is -0.159. The van der Waals surface area contributed by atoms with Crippen molar-refractivity contribution in [3.05, 3.63) is 0 Å². The second-order valence-electron chi connectivity index (χ2n) is 32.1. The molecule has 102 heavy (non-hydrogen) atoms. The Morgan fingerprint density at radius 3 is 1.68 bits per heavy atom. The van der Waals surface area contributed by atoms with Crippen LogP contribution < -0.4 is 16.0 Å². The van der Waals surface area contributed by atoms with Gasteiger partial charge in [-0.1, -0.05) is 116 Å². The minimum atomic E-state index is -3.08. The molecule has 0 aromatic heterocycles. The van der Waals surface area contributed by atoms with E-state index in [9.17, 15) is 42.3 Å². The van der Waals surface area contributed by atoms with Gasteiger partial charge < -0.3 is 64.8 Å². The predicted molar refractivity (Wildman–Crippen MR) is 393 cm³/mol. The second-order valence-corrected chi connectivity index (χ2v) is 33.8. The van der Waals surface area contributed by atoms with Crippen molar-refractivity contribution in [1.29, 1.82) is 0 Å². The third-order valence-electron chi connectivity index (χ3n) is 22.8. The second kappa shape index (κ2) is 39.0.